The first kappa shape index (κ1) is 17.4. The molecule has 3 rings (SSSR count). The number of non-ortho nitro benzene ring substituents is 1. The molecule has 1 aliphatic rings. The minimum absolute atomic E-state index is 0.0440. The molecule has 6 nitrogen and oxygen atoms in total. The minimum atomic E-state index is -0.424. The number of rotatable bonds is 4. The highest BCUT2D eigenvalue weighted by Gasteiger charge is 2.22. The average Bonchev–Trinajstić information content (AvgIpc) is 2.64. The van der Waals surface area contributed by atoms with Crippen LogP contribution in [0, 0.1) is 10.1 Å². The van der Waals surface area contributed by atoms with Crippen LogP contribution in [0.2, 0.25) is 0 Å². The van der Waals surface area contributed by atoms with E-state index in [9.17, 15) is 10.1 Å². The van der Waals surface area contributed by atoms with Gasteiger partial charge < -0.3 is 9.64 Å². The summed E-state index contributed by atoms with van der Waals surface area (Å²) in [6.45, 7) is 1.50. The van der Waals surface area contributed by atoms with Gasteiger partial charge in [0.05, 0.1) is 10.6 Å². The fourth-order valence-electron chi connectivity index (χ4n) is 2.45. The Hall–Kier alpha value is -2.42. The molecule has 1 heterocycles. The summed E-state index contributed by atoms with van der Waals surface area (Å²) in [5.74, 6) is 0.866. The smallest absolute Gasteiger partial charge is 0.298 e. The molecule has 2 aromatic carbocycles. The number of halogens is 1. The van der Waals surface area contributed by atoms with Gasteiger partial charge in [0.25, 0.3) is 11.7 Å². The van der Waals surface area contributed by atoms with Crippen LogP contribution in [0.4, 0.5) is 11.4 Å². The van der Waals surface area contributed by atoms with E-state index in [0.717, 1.165) is 18.7 Å². The quantitative estimate of drug-likeness (QED) is 0.383. The average molecular weight is 449 g/mol. The van der Waals surface area contributed by atoms with Gasteiger partial charge >= 0.3 is 0 Å². The molecule has 25 heavy (non-hydrogen) atoms. The maximum atomic E-state index is 10.8. The Kier molecular flexibility index (Phi) is 5.64. The molecule has 0 amide bonds. The maximum Gasteiger partial charge on any atom is 0.298 e. The molecule has 0 atom stereocenters. The van der Waals surface area contributed by atoms with Crippen molar-refractivity contribution in [3.05, 3.63) is 80.1 Å². The van der Waals surface area contributed by atoms with E-state index in [4.69, 9.17) is 4.74 Å². The molecule has 0 spiro atoms. The lowest BCUT2D eigenvalue weighted by Crippen LogP contribution is -2.37. The topological polar surface area (TPSA) is 68.0 Å². The van der Waals surface area contributed by atoms with Gasteiger partial charge in [0, 0.05) is 35.7 Å². The summed E-state index contributed by atoms with van der Waals surface area (Å²) in [6.07, 6.45) is 0.815. The van der Waals surface area contributed by atoms with E-state index in [2.05, 4.69) is 44.6 Å². The van der Waals surface area contributed by atoms with E-state index >= 15 is 0 Å². The van der Waals surface area contributed by atoms with Gasteiger partial charge in [0.1, 0.15) is 5.76 Å². The first-order valence-electron chi connectivity index (χ1n) is 7.75. The zero-order valence-electron chi connectivity index (χ0n) is 13.3. The first-order valence-corrected chi connectivity index (χ1v) is 8.99. The van der Waals surface area contributed by atoms with Gasteiger partial charge in [0.2, 0.25) is 0 Å². The third-order valence-corrected chi connectivity index (χ3v) is 4.44. The largest absolute Gasteiger partial charge is 0.430 e. The molecule has 0 N–H and O–H groups in total. The van der Waals surface area contributed by atoms with Crippen molar-refractivity contribution in [2.75, 3.05) is 6.54 Å². The van der Waals surface area contributed by atoms with Crippen LogP contribution in [0.1, 0.15) is 12.0 Å². The Balaban J connectivity index is 1.85. The highest BCUT2D eigenvalue weighted by molar-refractivity contribution is 14.1. The Morgan fingerprint density at radius 2 is 1.92 bits per heavy atom. The summed E-state index contributed by atoms with van der Waals surface area (Å²) < 4.78 is 7.80. The van der Waals surface area contributed by atoms with Crippen LogP contribution in [0.25, 0.3) is 0 Å². The first-order chi connectivity index (χ1) is 12.2. The molecule has 0 unspecified atom stereocenters. The van der Waals surface area contributed by atoms with Crippen molar-refractivity contribution >= 4 is 40.0 Å². The summed E-state index contributed by atoms with van der Waals surface area (Å²) in [5.41, 5.74) is 1.83. The highest BCUT2D eigenvalue weighted by atomic mass is 127. The van der Waals surface area contributed by atoms with Gasteiger partial charge in [-0.1, -0.05) is 30.3 Å². The molecule has 0 saturated carbocycles. The van der Waals surface area contributed by atoms with Crippen LogP contribution in [-0.2, 0) is 11.3 Å². The van der Waals surface area contributed by atoms with Gasteiger partial charge in [-0.15, -0.1) is 0 Å². The lowest BCUT2D eigenvalue weighted by molar-refractivity contribution is -0.384. The molecule has 1 fully saturated rings. The molecule has 0 aliphatic carbocycles. The van der Waals surface area contributed by atoms with E-state index in [1.54, 1.807) is 12.1 Å². The molecular weight excluding hydrogens is 433 g/mol. The second-order valence-corrected chi connectivity index (χ2v) is 6.13. The minimum Gasteiger partial charge on any atom is -0.430 e. The SMILES string of the molecule is O=[N+]([O-])c1ccc(N=C2O/C(=C/I)CCN2Cc2ccccc2)cc1. The van der Waals surface area contributed by atoms with Crippen LogP contribution in [0.3, 0.4) is 0 Å². The number of hydrogen-bond acceptors (Lipinski definition) is 4. The number of hydrogen-bond donors (Lipinski definition) is 0. The molecule has 0 radical (unpaired) electrons. The van der Waals surface area contributed by atoms with Crippen molar-refractivity contribution < 1.29 is 9.66 Å². The zero-order valence-corrected chi connectivity index (χ0v) is 15.5. The van der Waals surface area contributed by atoms with Crippen LogP contribution in [0.15, 0.2) is 69.4 Å². The Morgan fingerprint density at radius 1 is 1.20 bits per heavy atom. The lowest BCUT2D eigenvalue weighted by atomic mass is 10.2. The Bertz CT molecular complexity index is 804. The van der Waals surface area contributed by atoms with Crippen molar-refractivity contribution in [3.8, 4) is 0 Å². The van der Waals surface area contributed by atoms with Crippen LogP contribution >= 0.6 is 22.6 Å². The summed E-state index contributed by atoms with van der Waals surface area (Å²) >= 11 is 2.15. The molecule has 128 valence electrons. The van der Waals surface area contributed by atoms with E-state index in [1.165, 1.54) is 17.7 Å². The fraction of sp³-hybridized carbons (Fsp3) is 0.167. The van der Waals surface area contributed by atoms with Crippen molar-refractivity contribution in [3.63, 3.8) is 0 Å². The molecule has 0 aromatic heterocycles. The lowest BCUT2D eigenvalue weighted by Gasteiger charge is -2.31. The Labute approximate surface area is 159 Å². The third kappa shape index (κ3) is 4.56. The van der Waals surface area contributed by atoms with Gasteiger partial charge in [-0.05, 0) is 40.3 Å². The number of amidine groups is 1. The number of nitro benzene ring substituents is 1. The normalized spacial score (nSPS) is 17.6. The van der Waals surface area contributed by atoms with E-state index in [-0.39, 0.29) is 5.69 Å². The van der Waals surface area contributed by atoms with Crippen molar-refractivity contribution in [1.82, 2.24) is 4.90 Å². The summed E-state index contributed by atoms with van der Waals surface area (Å²) in [5, 5.41) is 10.8. The van der Waals surface area contributed by atoms with Gasteiger partial charge in [-0.2, -0.15) is 4.99 Å². The van der Waals surface area contributed by atoms with Crippen molar-refractivity contribution in [2.45, 2.75) is 13.0 Å². The molecule has 0 bridgehead atoms. The molecule has 2 aromatic rings. The van der Waals surface area contributed by atoms with Crippen LogP contribution in [-0.4, -0.2) is 22.4 Å². The standard InChI is InChI=1S/C18H16IN3O3/c19-12-17-10-11-21(13-14-4-2-1-3-5-14)18(25-17)20-15-6-8-16(9-7-15)22(23)24/h1-9,12H,10-11,13H2/b17-12+,20-18?. The molecule has 1 saturated heterocycles. The van der Waals surface area contributed by atoms with E-state index < -0.39 is 4.92 Å². The van der Waals surface area contributed by atoms with Crippen molar-refractivity contribution in [1.29, 1.82) is 0 Å². The molecule has 7 heteroatoms. The molecular formula is C18H16IN3O3. The molecule has 1 aliphatic heterocycles. The third-order valence-electron chi connectivity index (χ3n) is 3.74. The van der Waals surface area contributed by atoms with Gasteiger partial charge in [-0.3, -0.25) is 10.1 Å². The maximum absolute atomic E-state index is 10.8. The highest BCUT2D eigenvalue weighted by Crippen LogP contribution is 2.23. The number of ether oxygens (including phenoxy) is 1. The number of nitro groups is 1. The van der Waals surface area contributed by atoms with E-state index in [1.807, 2.05) is 22.3 Å². The second-order valence-electron chi connectivity index (χ2n) is 5.50. The van der Waals surface area contributed by atoms with Gasteiger partial charge in [-0.25, -0.2) is 0 Å². The van der Waals surface area contributed by atoms with E-state index in [0.29, 0.717) is 18.3 Å². The Morgan fingerprint density at radius 3 is 2.56 bits per heavy atom. The van der Waals surface area contributed by atoms with Crippen LogP contribution in [0.5, 0.6) is 0 Å². The second kappa shape index (κ2) is 8.11. The van der Waals surface area contributed by atoms with Crippen molar-refractivity contribution in [2.24, 2.45) is 4.99 Å². The monoisotopic (exact) mass is 449 g/mol. The number of aliphatic imine (C=N–C) groups is 1. The predicted molar refractivity (Wildman–Crippen MR) is 105 cm³/mol. The van der Waals surface area contributed by atoms with Gasteiger partial charge in [0.15, 0.2) is 0 Å². The predicted octanol–water partition coefficient (Wildman–Crippen LogP) is 4.78. The fourth-order valence-corrected chi connectivity index (χ4v) is 2.89. The summed E-state index contributed by atoms with van der Waals surface area (Å²) in [7, 11) is 0. The summed E-state index contributed by atoms with van der Waals surface area (Å²) in [4.78, 5) is 17.0. The summed E-state index contributed by atoms with van der Waals surface area (Å²) in [6, 6.07) is 16.8. The zero-order chi connectivity index (χ0) is 17.6. The van der Waals surface area contributed by atoms with Crippen LogP contribution < -0.4 is 0 Å². The number of benzene rings is 2. The number of nitrogens with zero attached hydrogens (tertiary/aromatic N) is 3.